The van der Waals surface area contributed by atoms with E-state index in [9.17, 15) is 4.79 Å². The molecule has 0 saturated heterocycles. The van der Waals surface area contributed by atoms with Crippen LogP contribution >= 0.6 is 23.8 Å². The van der Waals surface area contributed by atoms with E-state index < -0.39 is 0 Å². The van der Waals surface area contributed by atoms with Gasteiger partial charge in [0.25, 0.3) is 0 Å². The lowest BCUT2D eigenvalue weighted by Crippen LogP contribution is -2.22. The molecule has 0 unspecified atom stereocenters. The molecule has 1 aliphatic carbocycles. The van der Waals surface area contributed by atoms with Crippen LogP contribution in [0.15, 0.2) is 35.9 Å². The van der Waals surface area contributed by atoms with Gasteiger partial charge in [0.2, 0.25) is 5.91 Å². The molecule has 2 aromatic rings. The van der Waals surface area contributed by atoms with Gasteiger partial charge in [0.1, 0.15) is 12.4 Å². The van der Waals surface area contributed by atoms with Gasteiger partial charge in [0, 0.05) is 22.7 Å². The maximum Gasteiger partial charge on any atom is 0.244 e. The normalized spacial score (nSPS) is 16.1. The Labute approximate surface area is 160 Å². The highest BCUT2D eigenvalue weighted by atomic mass is 35.5. The molecule has 6 nitrogen and oxygen atoms in total. The Hall–Kier alpha value is -2.38. The molecule has 4 rings (SSSR count). The minimum absolute atomic E-state index is 0.195. The summed E-state index contributed by atoms with van der Waals surface area (Å²) in [6.45, 7) is 0.750. The average Bonchev–Trinajstić information content (AvgIpc) is 3.40. The first-order valence-electron chi connectivity index (χ1n) is 8.35. The number of hydrogen-bond donors (Lipinski definition) is 2. The summed E-state index contributed by atoms with van der Waals surface area (Å²) in [5.41, 5.74) is 1.80. The van der Waals surface area contributed by atoms with Gasteiger partial charge in [-0.2, -0.15) is 5.10 Å². The lowest BCUT2D eigenvalue weighted by molar-refractivity contribution is -0.116. The van der Waals surface area contributed by atoms with E-state index >= 15 is 0 Å². The van der Waals surface area contributed by atoms with Crippen molar-refractivity contribution in [3.05, 3.63) is 57.1 Å². The van der Waals surface area contributed by atoms with Crippen LogP contribution in [-0.2, 0) is 11.3 Å². The van der Waals surface area contributed by atoms with Crippen molar-refractivity contribution < 1.29 is 9.53 Å². The summed E-state index contributed by atoms with van der Waals surface area (Å²) in [7, 11) is 0. The second-order valence-electron chi connectivity index (χ2n) is 6.29. The van der Waals surface area contributed by atoms with E-state index in [0.717, 1.165) is 35.6 Å². The number of benzene rings is 1. The van der Waals surface area contributed by atoms with Crippen LogP contribution in [-0.4, -0.2) is 27.3 Å². The fraction of sp³-hybridized carbons (Fsp3) is 0.278. The van der Waals surface area contributed by atoms with Crippen LogP contribution in [0.1, 0.15) is 30.3 Å². The number of carbonyl (C=O) groups is 1. The van der Waals surface area contributed by atoms with Gasteiger partial charge in [-0.1, -0.05) is 17.7 Å². The van der Waals surface area contributed by atoms with Gasteiger partial charge < -0.3 is 10.1 Å². The molecule has 134 valence electrons. The van der Waals surface area contributed by atoms with E-state index in [1.165, 1.54) is 6.08 Å². The SMILES string of the molecule is O=C(C=CC1=Cc2cc(Cl)ccc2OC1)NCc1n[nH]c(=S)n1C1CC1. The number of amides is 1. The van der Waals surface area contributed by atoms with Gasteiger partial charge in [-0.3, -0.25) is 14.5 Å². The Balaban J connectivity index is 1.39. The monoisotopic (exact) mass is 388 g/mol. The van der Waals surface area contributed by atoms with Crippen LogP contribution in [0.25, 0.3) is 6.08 Å². The van der Waals surface area contributed by atoms with Gasteiger partial charge in [0.15, 0.2) is 10.6 Å². The number of aromatic nitrogens is 3. The Morgan fingerprint density at radius 2 is 2.35 bits per heavy atom. The predicted octanol–water partition coefficient (Wildman–Crippen LogP) is 3.58. The zero-order chi connectivity index (χ0) is 18.1. The van der Waals surface area contributed by atoms with Gasteiger partial charge in [0.05, 0.1) is 6.54 Å². The predicted molar refractivity (Wildman–Crippen MR) is 102 cm³/mol. The van der Waals surface area contributed by atoms with E-state index in [4.69, 9.17) is 28.6 Å². The second-order valence-corrected chi connectivity index (χ2v) is 7.11. The fourth-order valence-electron chi connectivity index (χ4n) is 2.84. The number of hydrogen-bond acceptors (Lipinski definition) is 4. The van der Waals surface area contributed by atoms with Crippen molar-refractivity contribution >= 4 is 35.8 Å². The first-order valence-corrected chi connectivity index (χ1v) is 9.13. The van der Waals surface area contributed by atoms with Crippen molar-refractivity contribution in [3.8, 4) is 5.75 Å². The van der Waals surface area contributed by atoms with Gasteiger partial charge in [-0.05, 0) is 54.9 Å². The molecule has 1 amide bonds. The Morgan fingerprint density at radius 3 is 3.15 bits per heavy atom. The minimum Gasteiger partial charge on any atom is -0.488 e. The first-order chi connectivity index (χ1) is 12.6. The summed E-state index contributed by atoms with van der Waals surface area (Å²) >= 11 is 11.2. The number of fused-ring (bicyclic) bond motifs is 1. The zero-order valence-electron chi connectivity index (χ0n) is 13.9. The quantitative estimate of drug-likeness (QED) is 0.606. The highest BCUT2D eigenvalue weighted by molar-refractivity contribution is 7.71. The summed E-state index contributed by atoms with van der Waals surface area (Å²) < 4.78 is 8.25. The van der Waals surface area contributed by atoms with Crippen LogP contribution in [0.2, 0.25) is 5.02 Å². The van der Waals surface area contributed by atoms with Crippen molar-refractivity contribution in [2.45, 2.75) is 25.4 Å². The Kier molecular flexibility index (Phi) is 4.65. The first kappa shape index (κ1) is 17.1. The number of ether oxygens (including phenoxy) is 1. The standard InChI is InChI=1S/C18H17ClN4O2S/c19-13-2-5-15-12(8-13)7-11(10-25-15)1-6-17(24)20-9-16-21-22-18(26)23(16)14-3-4-14/h1-2,5-8,14H,3-4,9-10H2,(H,20,24)(H,22,26). The second kappa shape index (κ2) is 7.09. The molecule has 2 N–H and O–H groups in total. The molecule has 1 aromatic heterocycles. The number of aromatic amines is 1. The molecule has 0 spiro atoms. The largest absolute Gasteiger partial charge is 0.488 e. The molecule has 1 fully saturated rings. The maximum atomic E-state index is 12.1. The van der Waals surface area contributed by atoms with Crippen molar-refractivity contribution in [1.82, 2.24) is 20.1 Å². The molecule has 0 atom stereocenters. The molecular weight excluding hydrogens is 372 g/mol. The number of carbonyl (C=O) groups excluding carboxylic acids is 1. The molecule has 26 heavy (non-hydrogen) atoms. The highest BCUT2D eigenvalue weighted by Crippen LogP contribution is 2.35. The molecule has 2 aliphatic rings. The molecule has 1 saturated carbocycles. The molecule has 1 aromatic carbocycles. The molecule has 1 aliphatic heterocycles. The number of nitrogens with one attached hydrogen (secondary N) is 2. The van der Waals surface area contributed by atoms with Crippen LogP contribution in [0.3, 0.4) is 0 Å². The average molecular weight is 389 g/mol. The summed E-state index contributed by atoms with van der Waals surface area (Å²) in [6.07, 6.45) is 7.42. The maximum absolute atomic E-state index is 12.1. The third kappa shape index (κ3) is 3.73. The summed E-state index contributed by atoms with van der Waals surface area (Å²) in [4.78, 5) is 12.1. The van der Waals surface area contributed by atoms with Gasteiger partial charge >= 0.3 is 0 Å². The summed E-state index contributed by atoms with van der Waals surface area (Å²) in [6, 6.07) is 5.89. The zero-order valence-corrected chi connectivity index (χ0v) is 15.4. The number of halogens is 1. The van der Waals surface area contributed by atoms with E-state index in [1.54, 1.807) is 12.1 Å². The number of nitrogens with zero attached hydrogens (tertiary/aromatic N) is 2. The van der Waals surface area contributed by atoms with Crippen molar-refractivity contribution in [2.24, 2.45) is 0 Å². The lowest BCUT2D eigenvalue weighted by Gasteiger charge is -2.16. The summed E-state index contributed by atoms with van der Waals surface area (Å²) in [5, 5.41) is 10.5. The molecule has 0 radical (unpaired) electrons. The van der Waals surface area contributed by atoms with Crippen LogP contribution in [0.5, 0.6) is 5.75 Å². The van der Waals surface area contributed by atoms with E-state index in [-0.39, 0.29) is 5.91 Å². The third-order valence-corrected chi connectivity index (χ3v) is 4.79. The van der Waals surface area contributed by atoms with Crippen LogP contribution in [0, 0.1) is 4.77 Å². The number of rotatable bonds is 5. The van der Waals surface area contributed by atoms with Crippen molar-refractivity contribution in [2.75, 3.05) is 6.61 Å². The number of H-pyrrole nitrogens is 1. The van der Waals surface area contributed by atoms with Gasteiger partial charge in [-0.25, -0.2) is 0 Å². The summed E-state index contributed by atoms with van der Waals surface area (Å²) in [5.74, 6) is 1.35. The minimum atomic E-state index is -0.195. The van der Waals surface area contributed by atoms with E-state index in [0.29, 0.717) is 29.0 Å². The van der Waals surface area contributed by atoms with E-state index in [1.807, 2.05) is 22.8 Å². The topological polar surface area (TPSA) is 71.9 Å². The Morgan fingerprint density at radius 1 is 1.50 bits per heavy atom. The molecule has 2 heterocycles. The van der Waals surface area contributed by atoms with Gasteiger partial charge in [-0.15, -0.1) is 0 Å². The fourth-order valence-corrected chi connectivity index (χ4v) is 3.32. The van der Waals surface area contributed by atoms with Crippen molar-refractivity contribution in [1.29, 1.82) is 0 Å². The molecule has 0 bridgehead atoms. The molecule has 8 heteroatoms. The highest BCUT2D eigenvalue weighted by Gasteiger charge is 2.27. The van der Waals surface area contributed by atoms with Crippen LogP contribution < -0.4 is 10.1 Å². The van der Waals surface area contributed by atoms with Crippen molar-refractivity contribution in [3.63, 3.8) is 0 Å². The third-order valence-electron chi connectivity index (χ3n) is 4.27. The lowest BCUT2D eigenvalue weighted by atomic mass is 10.1. The molecular formula is C18H17ClN4O2S. The van der Waals surface area contributed by atoms with Crippen LogP contribution in [0.4, 0.5) is 0 Å². The Bertz CT molecular complexity index is 972. The van der Waals surface area contributed by atoms with E-state index in [2.05, 4.69) is 15.5 Å². The smallest absolute Gasteiger partial charge is 0.244 e.